The van der Waals surface area contributed by atoms with E-state index in [1.165, 1.54) is 19.1 Å². The minimum absolute atomic E-state index is 0.0891. The maximum atomic E-state index is 15.7. The standard InChI is InChI=1S/C22H27BrFN6O8P/c1-11(2)36-19(33)12(3)29-39(34,38-13-7-5-4-6-8-13)35-9-14-16(31)22(23,24)20(37-14)30-10-26-15-17(30)27-21(25)28-18(15)32/h4-8,10-12,14,16,20,31H,9H2,1-3H3,(H,29,34)(H3,25,27,28,32)/t12-,14+,16-,20+,22-,39?/m0/s1. The second kappa shape index (κ2) is 11.3. The van der Waals surface area contributed by atoms with Gasteiger partial charge in [0, 0.05) is 0 Å². The molecule has 1 fully saturated rings. The molecule has 17 heteroatoms. The Morgan fingerprint density at radius 1 is 1.38 bits per heavy atom. The number of carbonyl (C=O) groups is 1. The minimum Gasteiger partial charge on any atom is -0.462 e. The average Bonchev–Trinajstić information content (AvgIpc) is 3.36. The van der Waals surface area contributed by atoms with Crippen LogP contribution in [0.3, 0.4) is 0 Å². The molecule has 4 rings (SSSR count). The number of nitrogen functional groups attached to an aromatic ring is 1. The zero-order valence-corrected chi connectivity index (χ0v) is 23.5. The highest BCUT2D eigenvalue weighted by atomic mass is 79.9. The summed E-state index contributed by atoms with van der Waals surface area (Å²) in [7, 11) is -4.32. The molecule has 6 atom stereocenters. The smallest absolute Gasteiger partial charge is 0.459 e. The summed E-state index contributed by atoms with van der Waals surface area (Å²) < 4.78 is 49.8. The molecule has 1 aliphatic rings. The number of nitrogens with one attached hydrogen (secondary N) is 2. The molecule has 1 unspecified atom stereocenters. The van der Waals surface area contributed by atoms with Crippen molar-refractivity contribution < 1.29 is 37.4 Å². The van der Waals surface area contributed by atoms with E-state index in [0.29, 0.717) is 0 Å². The van der Waals surface area contributed by atoms with Gasteiger partial charge in [-0.25, -0.2) is 13.9 Å². The molecule has 39 heavy (non-hydrogen) atoms. The Bertz CT molecular complexity index is 1440. The molecule has 0 aliphatic carbocycles. The van der Waals surface area contributed by atoms with Crippen LogP contribution in [-0.2, 0) is 23.4 Å². The van der Waals surface area contributed by atoms with Crippen molar-refractivity contribution in [2.24, 2.45) is 0 Å². The Labute approximate surface area is 229 Å². The number of ether oxygens (including phenoxy) is 2. The first-order valence-corrected chi connectivity index (χ1v) is 14.1. The van der Waals surface area contributed by atoms with E-state index in [-0.39, 0.29) is 22.9 Å². The van der Waals surface area contributed by atoms with Gasteiger partial charge in [-0.15, -0.1) is 0 Å². The number of nitrogens with two attached hydrogens (primary N) is 1. The quantitative estimate of drug-likeness (QED) is 0.145. The number of rotatable bonds is 10. The van der Waals surface area contributed by atoms with Crippen LogP contribution in [0.25, 0.3) is 11.2 Å². The van der Waals surface area contributed by atoms with Gasteiger partial charge in [0.2, 0.25) is 10.5 Å². The first kappa shape index (κ1) is 29.1. The number of fused-ring (bicyclic) bond motifs is 1. The molecule has 1 aliphatic heterocycles. The van der Waals surface area contributed by atoms with Crippen LogP contribution in [0.15, 0.2) is 41.5 Å². The van der Waals surface area contributed by atoms with Gasteiger partial charge in [-0.2, -0.15) is 10.1 Å². The predicted molar refractivity (Wildman–Crippen MR) is 140 cm³/mol. The lowest BCUT2D eigenvalue weighted by Crippen LogP contribution is -2.39. The van der Waals surface area contributed by atoms with E-state index in [9.17, 15) is 19.3 Å². The molecule has 5 N–H and O–H groups in total. The van der Waals surface area contributed by atoms with Crippen molar-refractivity contribution in [1.82, 2.24) is 24.6 Å². The van der Waals surface area contributed by atoms with Gasteiger partial charge in [0.15, 0.2) is 17.4 Å². The summed E-state index contributed by atoms with van der Waals surface area (Å²) in [6.45, 7) is 4.08. The molecule has 212 valence electrons. The van der Waals surface area contributed by atoms with Crippen LogP contribution in [0.5, 0.6) is 5.75 Å². The normalized spacial score (nSPS) is 25.5. The van der Waals surface area contributed by atoms with E-state index in [4.69, 9.17) is 24.3 Å². The highest BCUT2D eigenvalue weighted by molar-refractivity contribution is 9.10. The largest absolute Gasteiger partial charge is 0.462 e. The van der Waals surface area contributed by atoms with E-state index in [1.54, 1.807) is 32.0 Å². The van der Waals surface area contributed by atoms with Crippen molar-refractivity contribution in [2.45, 2.75) is 55.9 Å². The van der Waals surface area contributed by atoms with Gasteiger partial charge in [0.1, 0.15) is 24.0 Å². The monoisotopic (exact) mass is 632 g/mol. The number of alkyl halides is 2. The van der Waals surface area contributed by atoms with Crippen molar-refractivity contribution in [1.29, 1.82) is 0 Å². The van der Waals surface area contributed by atoms with E-state index < -0.39 is 61.0 Å². The zero-order chi connectivity index (χ0) is 28.5. The molecular weight excluding hydrogens is 606 g/mol. The fourth-order valence-corrected chi connectivity index (χ4v) is 5.85. The van der Waals surface area contributed by atoms with Gasteiger partial charge >= 0.3 is 13.7 Å². The summed E-state index contributed by atoms with van der Waals surface area (Å²) >= 11 is 2.85. The Balaban J connectivity index is 1.56. The Hall–Kier alpha value is -2.88. The van der Waals surface area contributed by atoms with Gasteiger partial charge in [0.05, 0.1) is 19.0 Å². The second-order valence-electron chi connectivity index (χ2n) is 8.96. The molecule has 14 nitrogen and oxygen atoms in total. The number of benzene rings is 1. The molecule has 0 bridgehead atoms. The van der Waals surface area contributed by atoms with Crippen molar-refractivity contribution in [3.63, 3.8) is 0 Å². The van der Waals surface area contributed by atoms with Gasteiger partial charge in [0.25, 0.3) is 5.56 Å². The summed E-state index contributed by atoms with van der Waals surface area (Å²) in [5.74, 6) is -0.788. The highest BCUT2D eigenvalue weighted by Crippen LogP contribution is 2.50. The predicted octanol–water partition coefficient (Wildman–Crippen LogP) is 2.15. The number of imidazole rings is 1. The third-order valence-corrected chi connectivity index (χ3v) is 8.02. The summed E-state index contributed by atoms with van der Waals surface area (Å²) in [6, 6.07) is 6.89. The second-order valence-corrected chi connectivity index (χ2v) is 11.9. The number of aromatic nitrogens is 4. The molecule has 0 radical (unpaired) electrons. The maximum Gasteiger partial charge on any atom is 0.459 e. The molecular formula is C22H27BrFN6O8P. The van der Waals surface area contributed by atoms with Crippen LogP contribution in [0.4, 0.5) is 10.3 Å². The molecule has 3 aromatic rings. The van der Waals surface area contributed by atoms with Crippen LogP contribution in [0.2, 0.25) is 0 Å². The molecule has 3 heterocycles. The number of H-pyrrole nitrogens is 1. The molecule has 1 saturated heterocycles. The van der Waals surface area contributed by atoms with Crippen LogP contribution >= 0.6 is 23.7 Å². The van der Waals surface area contributed by atoms with E-state index in [0.717, 1.165) is 10.9 Å². The van der Waals surface area contributed by atoms with Crippen LogP contribution in [0, 0.1) is 0 Å². The molecule has 2 aromatic heterocycles. The van der Waals surface area contributed by atoms with E-state index in [1.807, 2.05) is 0 Å². The van der Waals surface area contributed by atoms with Crippen LogP contribution < -0.4 is 20.9 Å². The number of anilines is 1. The molecule has 0 saturated carbocycles. The lowest BCUT2D eigenvalue weighted by atomic mass is 10.1. The number of nitrogens with zero attached hydrogens (tertiary/aromatic N) is 3. The van der Waals surface area contributed by atoms with E-state index >= 15 is 4.39 Å². The van der Waals surface area contributed by atoms with Crippen molar-refractivity contribution in [3.8, 4) is 5.75 Å². The van der Waals surface area contributed by atoms with Gasteiger partial charge in [-0.1, -0.05) is 18.2 Å². The number of carbonyl (C=O) groups excluding carboxylic acids is 1. The molecule has 1 aromatic carbocycles. The Kier molecular flexibility index (Phi) is 8.44. The lowest BCUT2D eigenvalue weighted by molar-refractivity contribution is -0.149. The Morgan fingerprint density at radius 3 is 2.74 bits per heavy atom. The van der Waals surface area contributed by atoms with Gasteiger partial charge in [-0.05, 0) is 48.8 Å². The lowest BCUT2D eigenvalue weighted by Gasteiger charge is -2.25. The summed E-state index contributed by atoms with van der Waals surface area (Å²) in [5, 5.41) is 13.2. The minimum atomic E-state index is -4.32. The van der Waals surface area contributed by atoms with Gasteiger partial charge < -0.3 is 24.8 Å². The molecule has 0 amide bonds. The number of para-hydroxylation sites is 1. The highest BCUT2D eigenvalue weighted by Gasteiger charge is 2.57. The topological polar surface area (TPSA) is 193 Å². The first-order chi connectivity index (χ1) is 18.3. The summed E-state index contributed by atoms with van der Waals surface area (Å²) in [5.41, 5.74) is 4.75. The number of hydrogen-bond acceptors (Lipinski definition) is 11. The fraction of sp³-hybridized carbons (Fsp3) is 0.455. The van der Waals surface area contributed by atoms with Crippen LogP contribution in [-0.4, -0.2) is 66.1 Å². The number of aromatic amines is 1. The first-order valence-electron chi connectivity index (χ1n) is 11.7. The number of aliphatic hydroxyl groups excluding tert-OH is 1. The SMILES string of the molecule is CC(C)OC(=O)[C@H](C)NP(=O)(OC[C@H]1O[C@@H](n2cnc3c(=O)[nH]c(N)nc32)[C@](F)(Br)[C@H]1O)Oc1ccccc1. The fourth-order valence-electron chi connectivity index (χ4n) is 3.73. The van der Waals surface area contributed by atoms with Crippen molar-refractivity contribution in [2.75, 3.05) is 12.3 Å². The van der Waals surface area contributed by atoms with Crippen molar-refractivity contribution in [3.05, 3.63) is 47.0 Å². The third-order valence-electron chi connectivity index (χ3n) is 5.52. The maximum absolute atomic E-state index is 15.7. The van der Waals surface area contributed by atoms with E-state index in [2.05, 4.69) is 36.0 Å². The molecule has 0 spiro atoms. The third kappa shape index (κ3) is 6.31. The number of esters is 1. The number of halogens is 2. The summed E-state index contributed by atoms with van der Waals surface area (Å²) in [4.78, 5) is 34.6. The average molecular weight is 633 g/mol. The van der Waals surface area contributed by atoms with Crippen LogP contribution in [0.1, 0.15) is 27.0 Å². The number of aliphatic hydroxyl groups is 1. The van der Waals surface area contributed by atoms with Crippen molar-refractivity contribution >= 4 is 46.8 Å². The number of hydrogen-bond donors (Lipinski definition) is 4. The summed E-state index contributed by atoms with van der Waals surface area (Å²) in [6.07, 6.45) is -4.15. The Morgan fingerprint density at radius 2 is 2.08 bits per heavy atom. The zero-order valence-electron chi connectivity index (χ0n) is 21.0. The van der Waals surface area contributed by atoms with Gasteiger partial charge in [-0.3, -0.25) is 23.7 Å².